The summed E-state index contributed by atoms with van der Waals surface area (Å²) in [5, 5.41) is 0. The van der Waals surface area contributed by atoms with Gasteiger partial charge in [-0.3, -0.25) is 0 Å². The highest BCUT2D eigenvalue weighted by molar-refractivity contribution is 14.1. The van der Waals surface area contributed by atoms with Gasteiger partial charge in [-0.25, -0.2) is 0 Å². The molecule has 2 heteroatoms. The predicted molar refractivity (Wildman–Crippen MR) is 49.3 cm³/mol. The normalized spacial score (nSPS) is 9.56. The molecule has 0 fully saturated rings. The molecule has 0 aliphatic carbocycles. The monoisotopic (exact) mass is 228 g/mol. The van der Waals surface area contributed by atoms with Gasteiger partial charge in [0.2, 0.25) is 0 Å². The maximum absolute atomic E-state index is 5.67. The molecular formula is C7H6BI. The second-order valence-electron chi connectivity index (χ2n) is 1.97. The van der Waals surface area contributed by atoms with Gasteiger partial charge in [-0.15, -0.1) is 0 Å². The largest absolute Gasteiger partial charge is 0.115 e. The molecule has 0 N–H and O–H groups in total. The smallest absolute Gasteiger partial charge is 0.0807 e. The van der Waals surface area contributed by atoms with Crippen molar-refractivity contribution in [1.29, 1.82) is 0 Å². The minimum Gasteiger partial charge on any atom is -0.0807 e. The van der Waals surface area contributed by atoms with E-state index in [-0.39, 0.29) is 0 Å². The van der Waals surface area contributed by atoms with Crippen LogP contribution in [0.15, 0.2) is 18.2 Å². The van der Waals surface area contributed by atoms with Gasteiger partial charge in [0.25, 0.3) is 0 Å². The van der Waals surface area contributed by atoms with Crippen molar-refractivity contribution in [3.63, 3.8) is 0 Å². The zero-order chi connectivity index (χ0) is 6.85. The summed E-state index contributed by atoms with van der Waals surface area (Å²) in [6.45, 7) is 2.01. The topological polar surface area (TPSA) is 0 Å². The van der Waals surface area contributed by atoms with Crippen LogP contribution in [0.2, 0.25) is 0 Å². The van der Waals surface area contributed by atoms with E-state index in [1.165, 1.54) is 0 Å². The van der Waals surface area contributed by atoms with Crippen LogP contribution in [0.5, 0.6) is 0 Å². The van der Waals surface area contributed by atoms with Crippen LogP contribution in [0.25, 0.3) is 0 Å². The Bertz CT molecular complexity index is 200. The molecule has 0 bridgehead atoms. The van der Waals surface area contributed by atoms with Crippen LogP contribution in [0.3, 0.4) is 0 Å². The van der Waals surface area contributed by atoms with Gasteiger partial charge >= 0.3 is 0 Å². The standard InChI is InChI=1S/C7H6BI/c1-5-3-2-4-6(9)7(5)8/h2-4H,1H3. The van der Waals surface area contributed by atoms with Crippen molar-refractivity contribution < 1.29 is 0 Å². The molecule has 2 radical (unpaired) electrons. The van der Waals surface area contributed by atoms with Crippen LogP contribution in [0.4, 0.5) is 0 Å². The second-order valence-corrected chi connectivity index (χ2v) is 3.13. The highest BCUT2D eigenvalue weighted by atomic mass is 127. The van der Waals surface area contributed by atoms with E-state index in [0.29, 0.717) is 0 Å². The molecule has 0 aliphatic rings. The molecule has 0 spiro atoms. The van der Waals surface area contributed by atoms with E-state index in [1.54, 1.807) is 0 Å². The van der Waals surface area contributed by atoms with Gasteiger partial charge in [-0.05, 0) is 35.6 Å². The summed E-state index contributed by atoms with van der Waals surface area (Å²) in [4.78, 5) is 0. The molecule has 1 aromatic rings. The lowest BCUT2D eigenvalue weighted by Gasteiger charge is -1.99. The Morgan fingerprint density at radius 1 is 1.44 bits per heavy atom. The zero-order valence-corrected chi connectivity index (χ0v) is 7.34. The molecule has 0 aromatic heterocycles. The first-order valence-electron chi connectivity index (χ1n) is 2.72. The number of rotatable bonds is 0. The minimum atomic E-state index is 0.901. The van der Waals surface area contributed by atoms with Crippen molar-refractivity contribution in [2.45, 2.75) is 6.92 Å². The lowest BCUT2D eigenvalue weighted by molar-refractivity contribution is 1.50. The molecule has 0 atom stereocenters. The first-order chi connectivity index (χ1) is 4.22. The van der Waals surface area contributed by atoms with Gasteiger partial charge in [0, 0.05) is 3.57 Å². The highest BCUT2D eigenvalue weighted by Gasteiger charge is 1.92. The van der Waals surface area contributed by atoms with Crippen molar-refractivity contribution in [3.8, 4) is 0 Å². The van der Waals surface area contributed by atoms with E-state index in [9.17, 15) is 0 Å². The van der Waals surface area contributed by atoms with E-state index in [1.807, 2.05) is 25.1 Å². The van der Waals surface area contributed by atoms with Crippen molar-refractivity contribution in [2.75, 3.05) is 0 Å². The molecule has 0 unspecified atom stereocenters. The fourth-order valence-electron chi connectivity index (χ4n) is 0.645. The van der Waals surface area contributed by atoms with Crippen LogP contribution in [0, 0.1) is 10.5 Å². The summed E-state index contributed by atoms with van der Waals surface area (Å²) in [6, 6.07) is 6.02. The summed E-state index contributed by atoms with van der Waals surface area (Å²) in [5.74, 6) is 0. The molecule has 1 rings (SSSR count). The molecule has 0 saturated heterocycles. The lowest BCUT2D eigenvalue weighted by atomic mass is 9.92. The predicted octanol–water partition coefficient (Wildman–Crippen LogP) is 1.39. The molecule has 44 valence electrons. The number of aryl methyl sites for hydroxylation is 1. The number of hydrogen-bond acceptors (Lipinski definition) is 0. The van der Waals surface area contributed by atoms with Crippen molar-refractivity contribution >= 4 is 35.9 Å². The van der Waals surface area contributed by atoms with Crippen LogP contribution >= 0.6 is 22.6 Å². The fraction of sp³-hybridized carbons (Fsp3) is 0.143. The number of benzene rings is 1. The summed E-state index contributed by atoms with van der Waals surface area (Å²) in [7, 11) is 5.67. The van der Waals surface area contributed by atoms with Gasteiger partial charge < -0.3 is 0 Å². The third-order valence-corrected chi connectivity index (χ3v) is 2.21. The zero-order valence-electron chi connectivity index (χ0n) is 5.19. The van der Waals surface area contributed by atoms with E-state index in [2.05, 4.69) is 22.6 Å². The van der Waals surface area contributed by atoms with E-state index in [0.717, 1.165) is 14.6 Å². The number of hydrogen-bond donors (Lipinski definition) is 0. The summed E-state index contributed by atoms with van der Waals surface area (Å²) in [5.41, 5.74) is 2.06. The third kappa shape index (κ3) is 1.48. The summed E-state index contributed by atoms with van der Waals surface area (Å²) >= 11 is 2.22. The van der Waals surface area contributed by atoms with Crippen LogP contribution in [-0.2, 0) is 0 Å². The van der Waals surface area contributed by atoms with Crippen molar-refractivity contribution in [2.24, 2.45) is 0 Å². The Morgan fingerprint density at radius 3 is 2.56 bits per heavy atom. The quantitative estimate of drug-likeness (QED) is 0.464. The van der Waals surface area contributed by atoms with E-state index < -0.39 is 0 Å². The third-order valence-electron chi connectivity index (χ3n) is 1.27. The Kier molecular flexibility index (Phi) is 2.16. The first-order valence-corrected chi connectivity index (χ1v) is 3.80. The highest BCUT2D eigenvalue weighted by Crippen LogP contribution is 2.01. The molecule has 0 amide bonds. The molecule has 0 saturated carbocycles. The average molecular weight is 228 g/mol. The van der Waals surface area contributed by atoms with Gasteiger partial charge in [0.1, 0.15) is 7.85 Å². The van der Waals surface area contributed by atoms with Gasteiger partial charge in [-0.1, -0.05) is 23.2 Å². The first kappa shape index (κ1) is 7.13. The SMILES string of the molecule is [B]c1c(C)cccc1I. The molecule has 0 heterocycles. The van der Waals surface area contributed by atoms with Gasteiger partial charge in [0.15, 0.2) is 0 Å². The Hall–Kier alpha value is 0.0149. The van der Waals surface area contributed by atoms with E-state index in [4.69, 9.17) is 7.85 Å². The Labute approximate surface area is 70.2 Å². The number of halogens is 1. The van der Waals surface area contributed by atoms with Crippen molar-refractivity contribution in [1.82, 2.24) is 0 Å². The van der Waals surface area contributed by atoms with Crippen LogP contribution in [0.1, 0.15) is 5.56 Å². The van der Waals surface area contributed by atoms with E-state index >= 15 is 0 Å². The van der Waals surface area contributed by atoms with Gasteiger partial charge in [-0.2, -0.15) is 0 Å². The Morgan fingerprint density at radius 2 is 2.11 bits per heavy atom. The molecular weight excluding hydrogens is 222 g/mol. The molecule has 0 aliphatic heterocycles. The fourth-order valence-corrected chi connectivity index (χ4v) is 1.28. The van der Waals surface area contributed by atoms with Crippen LogP contribution < -0.4 is 5.46 Å². The minimum absolute atomic E-state index is 0.901. The van der Waals surface area contributed by atoms with Crippen molar-refractivity contribution in [3.05, 3.63) is 27.3 Å². The second kappa shape index (κ2) is 2.73. The molecule has 0 nitrogen and oxygen atoms in total. The Balaban J connectivity index is 3.25. The lowest BCUT2D eigenvalue weighted by Crippen LogP contribution is -2.10. The maximum Gasteiger partial charge on any atom is 0.115 e. The maximum atomic E-state index is 5.67. The molecule has 1 aromatic carbocycles. The summed E-state index contributed by atoms with van der Waals surface area (Å²) in [6.07, 6.45) is 0. The average Bonchev–Trinajstić information content (AvgIpc) is 1.83. The summed E-state index contributed by atoms with van der Waals surface area (Å²) < 4.78 is 1.13. The van der Waals surface area contributed by atoms with Gasteiger partial charge in [0.05, 0.1) is 0 Å². The van der Waals surface area contributed by atoms with Crippen LogP contribution in [-0.4, -0.2) is 7.85 Å². The molecule has 9 heavy (non-hydrogen) atoms.